The Labute approximate surface area is 176 Å². The Bertz CT molecular complexity index is 1190. The predicted molar refractivity (Wildman–Crippen MR) is 114 cm³/mol. The average Bonchev–Trinajstić information content (AvgIpc) is 3.47. The monoisotopic (exact) mass is 421 g/mol. The first-order valence-corrected chi connectivity index (χ1v) is 10.1. The number of carbonyl (C=O) groups is 2. The molecule has 152 valence electrons. The molecule has 0 aliphatic carbocycles. The minimum atomic E-state index is -0.245. The van der Waals surface area contributed by atoms with Crippen LogP contribution < -0.4 is 10.6 Å². The van der Waals surface area contributed by atoms with Gasteiger partial charge in [0, 0.05) is 24.1 Å². The molecule has 0 spiro atoms. The smallest absolute Gasteiger partial charge is 0.257 e. The first kappa shape index (κ1) is 19.6. The number of rotatable bonds is 6. The van der Waals surface area contributed by atoms with Crippen LogP contribution in [0, 0.1) is 6.92 Å². The molecule has 3 heterocycles. The number of hydrogen-bond donors (Lipinski definition) is 2. The van der Waals surface area contributed by atoms with Crippen LogP contribution in [0.1, 0.15) is 28.6 Å². The maximum absolute atomic E-state index is 12.5. The van der Waals surface area contributed by atoms with Crippen LogP contribution in [0.2, 0.25) is 0 Å². The van der Waals surface area contributed by atoms with Gasteiger partial charge in [-0.25, -0.2) is 9.67 Å². The van der Waals surface area contributed by atoms with Gasteiger partial charge in [0.2, 0.25) is 5.91 Å². The summed E-state index contributed by atoms with van der Waals surface area (Å²) < 4.78 is 7.45. The highest BCUT2D eigenvalue weighted by Crippen LogP contribution is 2.27. The predicted octanol–water partition coefficient (Wildman–Crippen LogP) is 3.79. The largest absolute Gasteiger partial charge is 0.458 e. The summed E-state index contributed by atoms with van der Waals surface area (Å²) in [6.45, 7) is 3.74. The molecular formula is C21H19N5O3S. The fraction of sp³-hybridized carbons (Fsp3) is 0.143. The van der Waals surface area contributed by atoms with Gasteiger partial charge in [-0.2, -0.15) is 5.10 Å². The third-order valence-corrected chi connectivity index (χ3v) is 5.01. The van der Waals surface area contributed by atoms with E-state index in [0.29, 0.717) is 34.5 Å². The number of nitrogens with one attached hydrogen (secondary N) is 2. The fourth-order valence-electron chi connectivity index (χ4n) is 2.76. The quantitative estimate of drug-likeness (QED) is 0.493. The highest BCUT2D eigenvalue weighted by molar-refractivity contribution is 7.14. The molecular weight excluding hydrogens is 402 g/mol. The lowest BCUT2D eigenvalue weighted by Gasteiger charge is -2.04. The van der Waals surface area contributed by atoms with Crippen LogP contribution in [0.25, 0.3) is 17.1 Å². The molecule has 4 rings (SSSR count). The van der Waals surface area contributed by atoms with Crippen molar-refractivity contribution in [2.75, 3.05) is 5.32 Å². The van der Waals surface area contributed by atoms with Gasteiger partial charge in [-0.3, -0.25) is 14.9 Å². The van der Waals surface area contributed by atoms with Crippen molar-refractivity contribution < 1.29 is 14.0 Å². The highest BCUT2D eigenvalue weighted by Gasteiger charge is 2.13. The number of thiazole rings is 1. The van der Waals surface area contributed by atoms with Crippen molar-refractivity contribution in [3.63, 3.8) is 0 Å². The van der Waals surface area contributed by atoms with Crippen molar-refractivity contribution in [2.24, 2.45) is 0 Å². The molecule has 0 unspecified atom stereocenters. The summed E-state index contributed by atoms with van der Waals surface area (Å²) in [6.07, 6.45) is 3.70. The summed E-state index contributed by atoms with van der Waals surface area (Å²) in [5, 5.41) is 12.0. The minimum Gasteiger partial charge on any atom is -0.458 e. The van der Waals surface area contributed by atoms with Gasteiger partial charge >= 0.3 is 0 Å². The first-order valence-electron chi connectivity index (χ1n) is 9.20. The number of benzene rings is 1. The third kappa shape index (κ3) is 4.47. The maximum Gasteiger partial charge on any atom is 0.257 e. The van der Waals surface area contributed by atoms with E-state index in [1.807, 2.05) is 25.3 Å². The minimum absolute atomic E-state index is 0.126. The molecule has 0 saturated carbocycles. The topological polar surface area (TPSA) is 102 Å². The molecule has 2 amide bonds. The first-order chi connectivity index (χ1) is 14.5. The van der Waals surface area contributed by atoms with E-state index in [1.54, 1.807) is 40.5 Å². The van der Waals surface area contributed by atoms with E-state index < -0.39 is 0 Å². The second kappa shape index (κ2) is 8.34. The summed E-state index contributed by atoms with van der Waals surface area (Å²) in [6, 6.07) is 10.7. The highest BCUT2D eigenvalue weighted by atomic mass is 32.1. The fourth-order valence-corrected chi connectivity index (χ4v) is 3.45. The Kier molecular flexibility index (Phi) is 5.44. The number of aryl methyl sites for hydroxylation is 1. The molecule has 0 aliphatic heterocycles. The second-order valence-electron chi connectivity index (χ2n) is 6.68. The van der Waals surface area contributed by atoms with Gasteiger partial charge in [-0.05, 0) is 48.9 Å². The average molecular weight is 421 g/mol. The van der Waals surface area contributed by atoms with Crippen LogP contribution in [-0.2, 0) is 11.3 Å². The Balaban J connectivity index is 1.41. The molecule has 0 bridgehead atoms. The van der Waals surface area contributed by atoms with E-state index >= 15 is 0 Å². The van der Waals surface area contributed by atoms with E-state index in [1.165, 1.54) is 18.3 Å². The molecule has 2 N–H and O–H groups in total. The normalized spacial score (nSPS) is 10.7. The third-order valence-electron chi connectivity index (χ3n) is 4.26. The van der Waals surface area contributed by atoms with Gasteiger partial charge < -0.3 is 9.73 Å². The maximum atomic E-state index is 12.5. The van der Waals surface area contributed by atoms with Gasteiger partial charge in [-0.1, -0.05) is 0 Å². The van der Waals surface area contributed by atoms with Crippen LogP contribution in [0.15, 0.2) is 58.6 Å². The van der Waals surface area contributed by atoms with Crippen LogP contribution >= 0.6 is 11.3 Å². The van der Waals surface area contributed by atoms with E-state index in [2.05, 4.69) is 20.7 Å². The zero-order valence-corrected chi connectivity index (χ0v) is 17.2. The molecule has 1 aromatic carbocycles. The Hall–Kier alpha value is -3.72. The van der Waals surface area contributed by atoms with E-state index in [0.717, 1.165) is 11.3 Å². The standard InChI is InChI=1S/C21H19N5O3S/c1-13-9-23-26(11-13)16-5-3-15(4-6-16)20(28)25-21-24-18(12-30-21)19-8-7-17(29-19)10-22-14(2)27/h3-9,11-12H,10H2,1-2H3,(H,22,27)(H,24,25,28). The molecule has 0 radical (unpaired) electrons. The molecule has 4 aromatic rings. The lowest BCUT2D eigenvalue weighted by molar-refractivity contribution is -0.119. The van der Waals surface area contributed by atoms with Crippen LogP contribution in [0.4, 0.5) is 5.13 Å². The van der Waals surface area contributed by atoms with Crippen molar-refractivity contribution in [2.45, 2.75) is 20.4 Å². The van der Waals surface area contributed by atoms with E-state index in [9.17, 15) is 9.59 Å². The Morgan fingerprint density at radius 2 is 1.97 bits per heavy atom. The summed E-state index contributed by atoms with van der Waals surface area (Å²) in [5.74, 6) is 0.835. The van der Waals surface area contributed by atoms with Crippen molar-refractivity contribution in [3.8, 4) is 17.1 Å². The van der Waals surface area contributed by atoms with Crippen LogP contribution in [0.5, 0.6) is 0 Å². The number of amides is 2. The summed E-state index contributed by atoms with van der Waals surface area (Å²) in [5.41, 5.74) is 3.09. The lowest BCUT2D eigenvalue weighted by Crippen LogP contribution is -2.18. The van der Waals surface area contributed by atoms with Gasteiger partial charge in [-0.15, -0.1) is 11.3 Å². The zero-order chi connectivity index (χ0) is 21.1. The molecule has 30 heavy (non-hydrogen) atoms. The number of nitrogens with zero attached hydrogens (tertiary/aromatic N) is 3. The number of anilines is 1. The van der Waals surface area contributed by atoms with Crippen molar-refractivity contribution in [3.05, 3.63) is 71.1 Å². The number of aromatic nitrogens is 3. The van der Waals surface area contributed by atoms with Crippen LogP contribution in [-0.4, -0.2) is 26.6 Å². The van der Waals surface area contributed by atoms with Crippen molar-refractivity contribution in [1.82, 2.24) is 20.1 Å². The lowest BCUT2D eigenvalue weighted by atomic mass is 10.2. The Morgan fingerprint density at radius 1 is 1.17 bits per heavy atom. The Morgan fingerprint density at radius 3 is 2.67 bits per heavy atom. The molecule has 0 saturated heterocycles. The van der Waals surface area contributed by atoms with E-state index in [-0.39, 0.29) is 11.8 Å². The van der Waals surface area contributed by atoms with Crippen molar-refractivity contribution >= 4 is 28.3 Å². The number of hydrogen-bond acceptors (Lipinski definition) is 6. The van der Waals surface area contributed by atoms with E-state index in [4.69, 9.17) is 4.42 Å². The van der Waals surface area contributed by atoms with Gasteiger partial charge in [0.15, 0.2) is 10.9 Å². The molecule has 3 aromatic heterocycles. The summed E-state index contributed by atoms with van der Waals surface area (Å²) in [7, 11) is 0. The van der Waals surface area contributed by atoms with Gasteiger partial charge in [0.25, 0.3) is 5.91 Å². The second-order valence-corrected chi connectivity index (χ2v) is 7.53. The zero-order valence-electron chi connectivity index (χ0n) is 16.4. The summed E-state index contributed by atoms with van der Waals surface area (Å²) >= 11 is 1.31. The number of furan rings is 1. The van der Waals surface area contributed by atoms with Crippen molar-refractivity contribution in [1.29, 1.82) is 0 Å². The van der Waals surface area contributed by atoms with Gasteiger partial charge in [0.1, 0.15) is 11.5 Å². The van der Waals surface area contributed by atoms with Gasteiger partial charge in [0.05, 0.1) is 18.4 Å². The molecule has 8 nitrogen and oxygen atoms in total. The summed E-state index contributed by atoms with van der Waals surface area (Å²) in [4.78, 5) is 27.9. The molecule has 9 heteroatoms. The molecule has 0 atom stereocenters. The van der Waals surface area contributed by atoms with Crippen LogP contribution in [0.3, 0.4) is 0 Å². The molecule has 0 fully saturated rings. The molecule has 0 aliphatic rings. The SMILES string of the molecule is CC(=O)NCc1ccc(-c2csc(NC(=O)c3ccc(-n4cc(C)cn4)cc3)n2)o1. The number of carbonyl (C=O) groups excluding carboxylic acids is 2.